The van der Waals surface area contributed by atoms with Crippen molar-refractivity contribution >= 4 is 0 Å². The number of aryl methyl sites for hydroxylation is 2. The molecule has 2 aromatic rings. The van der Waals surface area contributed by atoms with Gasteiger partial charge in [-0.1, -0.05) is 18.2 Å². The Hall–Kier alpha value is -1.54. The predicted octanol–water partition coefficient (Wildman–Crippen LogP) is 3.75. The molecule has 0 amide bonds. The molecule has 0 fully saturated rings. The van der Waals surface area contributed by atoms with Gasteiger partial charge in [-0.3, -0.25) is 0 Å². The standard InChI is InChI=1S/C15H19NO/c1-11-6-7-14(9-12(11)2)10-16-13(3)15-5-4-8-17-15/h4-9,13,16H,10H2,1-3H3/t13-/m1/s1. The number of benzene rings is 1. The fourth-order valence-corrected chi connectivity index (χ4v) is 1.82. The van der Waals surface area contributed by atoms with Gasteiger partial charge >= 0.3 is 0 Å². The van der Waals surface area contributed by atoms with Gasteiger partial charge in [0.25, 0.3) is 0 Å². The molecule has 0 aliphatic rings. The van der Waals surface area contributed by atoms with Crippen molar-refractivity contribution in [1.29, 1.82) is 0 Å². The van der Waals surface area contributed by atoms with Crippen molar-refractivity contribution in [3.8, 4) is 0 Å². The first kappa shape index (κ1) is 11.9. The summed E-state index contributed by atoms with van der Waals surface area (Å²) in [7, 11) is 0. The van der Waals surface area contributed by atoms with E-state index < -0.39 is 0 Å². The van der Waals surface area contributed by atoms with Gasteiger partial charge in [0.2, 0.25) is 0 Å². The Morgan fingerprint density at radius 1 is 1.18 bits per heavy atom. The average molecular weight is 229 g/mol. The molecular formula is C15H19NO. The molecule has 0 aliphatic heterocycles. The van der Waals surface area contributed by atoms with Gasteiger partial charge in [-0.15, -0.1) is 0 Å². The molecule has 1 heterocycles. The minimum Gasteiger partial charge on any atom is -0.468 e. The van der Waals surface area contributed by atoms with Gasteiger partial charge in [0.05, 0.1) is 12.3 Å². The molecule has 2 rings (SSSR count). The van der Waals surface area contributed by atoms with Crippen LogP contribution in [0.25, 0.3) is 0 Å². The predicted molar refractivity (Wildman–Crippen MR) is 69.9 cm³/mol. The van der Waals surface area contributed by atoms with Gasteiger partial charge in [0, 0.05) is 6.54 Å². The summed E-state index contributed by atoms with van der Waals surface area (Å²) in [6.07, 6.45) is 1.71. The first-order chi connectivity index (χ1) is 8.16. The Labute approximate surface area is 103 Å². The lowest BCUT2D eigenvalue weighted by atomic mass is 10.1. The lowest BCUT2D eigenvalue weighted by Crippen LogP contribution is -2.17. The van der Waals surface area contributed by atoms with E-state index in [1.807, 2.05) is 12.1 Å². The molecule has 0 saturated carbocycles. The van der Waals surface area contributed by atoms with Gasteiger partial charge in [0.15, 0.2) is 0 Å². The number of hydrogen-bond donors (Lipinski definition) is 1. The van der Waals surface area contributed by atoms with Crippen LogP contribution in [0.3, 0.4) is 0 Å². The number of furan rings is 1. The first-order valence-electron chi connectivity index (χ1n) is 6.00. The van der Waals surface area contributed by atoms with Gasteiger partial charge in [-0.25, -0.2) is 0 Å². The summed E-state index contributed by atoms with van der Waals surface area (Å²) in [5.74, 6) is 0.980. The molecule has 90 valence electrons. The molecule has 0 radical (unpaired) electrons. The van der Waals surface area contributed by atoms with Crippen molar-refractivity contribution in [1.82, 2.24) is 5.32 Å². The topological polar surface area (TPSA) is 25.2 Å². The second-order valence-electron chi connectivity index (χ2n) is 4.54. The van der Waals surface area contributed by atoms with E-state index in [9.17, 15) is 0 Å². The van der Waals surface area contributed by atoms with Gasteiger partial charge < -0.3 is 9.73 Å². The monoisotopic (exact) mass is 229 g/mol. The lowest BCUT2D eigenvalue weighted by Gasteiger charge is -2.12. The summed E-state index contributed by atoms with van der Waals surface area (Å²) in [6, 6.07) is 10.7. The van der Waals surface area contributed by atoms with Crippen LogP contribution >= 0.6 is 0 Å². The number of nitrogens with one attached hydrogen (secondary N) is 1. The molecule has 0 saturated heterocycles. The quantitative estimate of drug-likeness (QED) is 0.863. The third-order valence-corrected chi connectivity index (χ3v) is 3.15. The van der Waals surface area contributed by atoms with Crippen LogP contribution in [0.2, 0.25) is 0 Å². The third-order valence-electron chi connectivity index (χ3n) is 3.15. The largest absolute Gasteiger partial charge is 0.468 e. The minimum atomic E-state index is 0.242. The fourth-order valence-electron chi connectivity index (χ4n) is 1.82. The zero-order valence-corrected chi connectivity index (χ0v) is 10.7. The van der Waals surface area contributed by atoms with Crippen LogP contribution in [0.4, 0.5) is 0 Å². The van der Waals surface area contributed by atoms with Gasteiger partial charge in [-0.05, 0) is 49.6 Å². The molecule has 1 atom stereocenters. The Morgan fingerprint density at radius 3 is 2.65 bits per heavy atom. The van der Waals surface area contributed by atoms with Crippen LogP contribution in [0.15, 0.2) is 41.0 Å². The highest BCUT2D eigenvalue weighted by Gasteiger charge is 2.07. The first-order valence-corrected chi connectivity index (χ1v) is 6.00. The summed E-state index contributed by atoms with van der Waals surface area (Å²) >= 11 is 0. The number of rotatable bonds is 4. The molecule has 1 aromatic carbocycles. The normalized spacial score (nSPS) is 12.6. The smallest absolute Gasteiger partial charge is 0.120 e. The maximum Gasteiger partial charge on any atom is 0.120 e. The number of hydrogen-bond acceptors (Lipinski definition) is 2. The highest BCUT2D eigenvalue weighted by Crippen LogP contribution is 2.14. The second-order valence-corrected chi connectivity index (χ2v) is 4.54. The Balaban J connectivity index is 1.96. The van der Waals surface area contributed by atoms with Gasteiger partial charge in [-0.2, -0.15) is 0 Å². The molecule has 1 aromatic heterocycles. The van der Waals surface area contributed by atoms with Crippen LogP contribution in [0.5, 0.6) is 0 Å². The fraction of sp³-hybridized carbons (Fsp3) is 0.333. The van der Waals surface area contributed by atoms with E-state index in [0.717, 1.165) is 12.3 Å². The Bertz CT molecular complexity index is 474. The molecule has 0 unspecified atom stereocenters. The summed E-state index contributed by atoms with van der Waals surface area (Å²) < 4.78 is 5.36. The van der Waals surface area contributed by atoms with E-state index in [0.29, 0.717) is 0 Å². The highest BCUT2D eigenvalue weighted by atomic mass is 16.3. The van der Waals surface area contributed by atoms with Crippen molar-refractivity contribution in [2.75, 3.05) is 0 Å². The summed E-state index contributed by atoms with van der Waals surface area (Å²) in [4.78, 5) is 0. The maximum absolute atomic E-state index is 5.36. The van der Waals surface area contributed by atoms with Crippen molar-refractivity contribution in [3.63, 3.8) is 0 Å². The van der Waals surface area contributed by atoms with Crippen LogP contribution in [-0.2, 0) is 6.54 Å². The van der Waals surface area contributed by atoms with Crippen LogP contribution < -0.4 is 5.32 Å². The van der Waals surface area contributed by atoms with E-state index in [-0.39, 0.29) is 6.04 Å². The van der Waals surface area contributed by atoms with Crippen LogP contribution in [-0.4, -0.2) is 0 Å². The van der Waals surface area contributed by atoms with Crippen molar-refractivity contribution in [3.05, 3.63) is 59.0 Å². The zero-order chi connectivity index (χ0) is 12.3. The van der Waals surface area contributed by atoms with E-state index in [1.165, 1.54) is 16.7 Å². The lowest BCUT2D eigenvalue weighted by molar-refractivity contribution is 0.430. The molecule has 2 nitrogen and oxygen atoms in total. The summed E-state index contributed by atoms with van der Waals surface area (Å²) in [6.45, 7) is 7.26. The average Bonchev–Trinajstić information content (AvgIpc) is 2.84. The van der Waals surface area contributed by atoms with E-state index in [4.69, 9.17) is 4.42 Å². The molecule has 0 spiro atoms. The summed E-state index contributed by atoms with van der Waals surface area (Å²) in [5.41, 5.74) is 3.99. The van der Waals surface area contributed by atoms with E-state index in [1.54, 1.807) is 6.26 Å². The third kappa shape index (κ3) is 2.98. The Kier molecular flexibility index (Phi) is 3.64. The molecule has 0 aliphatic carbocycles. The van der Waals surface area contributed by atoms with E-state index in [2.05, 4.69) is 44.3 Å². The highest BCUT2D eigenvalue weighted by molar-refractivity contribution is 5.29. The Morgan fingerprint density at radius 2 is 2.00 bits per heavy atom. The van der Waals surface area contributed by atoms with Gasteiger partial charge in [0.1, 0.15) is 5.76 Å². The zero-order valence-electron chi connectivity index (χ0n) is 10.7. The SMILES string of the molecule is Cc1ccc(CN[C@H](C)c2ccco2)cc1C. The van der Waals surface area contributed by atoms with Crippen molar-refractivity contribution in [2.45, 2.75) is 33.4 Å². The second kappa shape index (κ2) is 5.19. The molecule has 2 heteroatoms. The molecule has 17 heavy (non-hydrogen) atoms. The minimum absolute atomic E-state index is 0.242. The van der Waals surface area contributed by atoms with Crippen LogP contribution in [0.1, 0.15) is 35.4 Å². The maximum atomic E-state index is 5.36. The van der Waals surface area contributed by atoms with Crippen LogP contribution in [0, 0.1) is 13.8 Å². The molecular weight excluding hydrogens is 210 g/mol. The van der Waals surface area contributed by atoms with Crippen molar-refractivity contribution in [2.24, 2.45) is 0 Å². The van der Waals surface area contributed by atoms with E-state index >= 15 is 0 Å². The van der Waals surface area contributed by atoms with Crippen molar-refractivity contribution < 1.29 is 4.42 Å². The molecule has 0 bridgehead atoms. The molecule has 1 N–H and O–H groups in total. The summed E-state index contributed by atoms with van der Waals surface area (Å²) in [5, 5.41) is 3.45.